The van der Waals surface area contributed by atoms with Gasteiger partial charge in [0.2, 0.25) is 0 Å². The first kappa shape index (κ1) is 14.3. The highest BCUT2D eigenvalue weighted by Gasteiger charge is 2.30. The van der Waals surface area contributed by atoms with Crippen LogP contribution in [0.25, 0.3) is 0 Å². The molecule has 0 aromatic rings. The molecule has 2 rings (SSSR count). The SMILES string of the molecule is CCCNC1CCC(C)CC1CN(C)CC1CC1. The van der Waals surface area contributed by atoms with Crippen molar-refractivity contribution in [1.29, 1.82) is 0 Å². The van der Waals surface area contributed by atoms with Gasteiger partial charge in [-0.2, -0.15) is 0 Å². The Morgan fingerprint density at radius 3 is 2.56 bits per heavy atom. The van der Waals surface area contributed by atoms with Crippen LogP contribution in [0.4, 0.5) is 0 Å². The Morgan fingerprint density at radius 1 is 1.11 bits per heavy atom. The van der Waals surface area contributed by atoms with Gasteiger partial charge in [0.05, 0.1) is 0 Å². The van der Waals surface area contributed by atoms with Crippen molar-refractivity contribution < 1.29 is 0 Å². The standard InChI is InChI=1S/C16H32N2/c1-4-9-17-16-8-5-13(2)10-15(16)12-18(3)11-14-6-7-14/h13-17H,4-12H2,1-3H3. The second kappa shape index (κ2) is 6.91. The summed E-state index contributed by atoms with van der Waals surface area (Å²) in [6.45, 7) is 8.55. The van der Waals surface area contributed by atoms with E-state index in [1.807, 2.05) is 0 Å². The molecule has 1 N–H and O–H groups in total. The van der Waals surface area contributed by atoms with E-state index in [1.165, 1.54) is 58.2 Å². The first-order valence-corrected chi connectivity index (χ1v) is 8.11. The highest BCUT2D eigenvalue weighted by molar-refractivity contribution is 4.86. The lowest BCUT2D eigenvalue weighted by atomic mass is 9.78. The molecule has 2 saturated carbocycles. The summed E-state index contributed by atoms with van der Waals surface area (Å²) < 4.78 is 0. The summed E-state index contributed by atoms with van der Waals surface area (Å²) in [5.74, 6) is 2.84. The molecule has 0 spiro atoms. The van der Waals surface area contributed by atoms with Crippen molar-refractivity contribution in [3.63, 3.8) is 0 Å². The van der Waals surface area contributed by atoms with Gasteiger partial charge in [-0.1, -0.05) is 13.8 Å². The molecular formula is C16H32N2. The highest BCUT2D eigenvalue weighted by atomic mass is 15.1. The molecule has 2 aliphatic carbocycles. The fourth-order valence-corrected chi connectivity index (χ4v) is 3.52. The lowest BCUT2D eigenvalue weighted by molar-refractivity contribution is 0.158. The molecule has 3 atom stereocenters. The van der Waals surface area contributed by atoms with Crippen LogP contribution in [0.3, 0.4) is 0 Å². The largest absolute Gasteiger partial charge is 0.314 e. The van der Waals surface area contributed by atoms with E-state index in [9.17, 15) is 0 Å². The normalized spacial score (nSPS) is 33.0. The Morgan fingerprint density at radius 2 is 1.89 bits per heavy atom. The molecule has 3 unspecified atom stereocenters. The minimum Gasteiger partial charge on any atom is -0.314 e. The van der Waals surface area contributed by atoms with Crippen molar-refractivity contribution in [3.8, 4) is 0 Å². The second-order valence-corrected chi connectivity index (χ2v) is 6.90. The van der Waals surface area contributed by atoms with Crippen molar-refractivity contribution in [2.45, 2.75) is 58.4 Å². The Hall–Kier alpha value is -0.0800. The van der Waals surface area contributed by atoms with Gasteiger partial charge in [-0.05, 0) is 69.9 Å². The summed E-state index contributed by atoms with van der Waals surface area (Å²) in [4.78, 5) is 2.60. The zero-order chi connectivity index (χ0) is 13.0. The summed E-state index contributed by atoms with van der Waals surface area (Å²) in [5.41, 5.74) is 0. The van der Waals surface area contributed by atoms with Gasteiger partial charge in [-0.15, -0.1) is 0 Å². The molecule has 0 radical (unpaired) electrons. The van der Waals surface area contributed by atoms with Crippen molar-refractivity contribution in [3.05, 3.63) is 0 Å². The molecule has 0 amide bonds. The van der Waals surface area contributed by atoms with Crippen LogP contribution >= 0.6 is 0 Å². The van der Waals surface area contributed by atoms with Crippen LogP contribution < -0.4 is 5.32 Å². The average molecular weight is 252 g/mol. The number of hydrogen-bond donors (Lipinski definition) is 1. The van der Waals surface area contributed by atoms with E-state index in [0.29, 0.717) is 0 Å². The van der Waals surface area contributed by atoms with E-state index in [2.05, 4.69) is 31.1 Å². The van der Waals surface area contributed by atoms with Gasteiger partial charge in [0.1, 0.15) is 0 Å². The van der Waals surface area contributed by atoms with Gasteiger partial charge in [0, 0.05) is 19.1 Å². The molecule has 0 aromatic carbocycles. The van der Waals surface area contributed by atoms with E-state index in [-0.39, 0.29) is 0 Å². The molecule has 2 nitrogen and oxygen atoms in total. The van der Waals surface area contributed by atoms with Crippen molar-refractivity contribution in [1.82, 2.24) is 10.2 Å². The van der Waals surface area contributed by atoms with Gasteiger partial charge in [-0.3, -0.25) is 0 Å². The van der Waals surface area contributed by atoms with Crippen LogP contribution in [0.1, 0.15) is 52.4 Å². The Balaban J connectivity index is 1.79. The summed E-state index contributed by atoms with van der Waals surface area (Å²) in [7, 11) is 2.33. The molecular weight excluding hydrogens is 220 g/mol. The Labute approximate surface area is 114 Å². The number of nitrogens with one attached hydrogen (secondary N) is 1. The third-order valence-corrected chi connectivity index (χ3v) is 4.71. The van der Waals surface area contributed by atoms with Gasteiger partial charge in [0.15, 0.2) is 0 Å². The molecule has 0 bridgehead atoms. The number of hydrogen-bond acceptors (Lipinski definition) is 2. The highest BCUT2D eigenvalue weighted by Crippen LogP contribution is 2.32. The Bertz CT molecular complexity index is 235. The molecule has 2 aliphatic rings. The maximum Gasteiger partial charge on any atom is 0.0108 e. The topological polar surface area (TPSA) is 15.3 Å². The number of nitrogens with zero attached hydrogens (tertiary/aromatic N) is 1. The summed E-state index contributed by atoms with van der Waals surface area (Å²) in [5, 5.41) is 3.79. The summed E-state index contributed by atoms with van der Waals surface area (Å²) in [6.07, 6.45) is 8.45. The van der Waals surface area contributed by atoms with Crippen molar-refractivity contribution >= 4 is 0 Å². The molecule has 0 heterocycles. The van der Waals surface area contributed by atoms with E-state index in [4.69, 9.17) is 0 Å². The molecule has 0 saturated heterocycles. The smallest absolute Gasteiger partial charge is 0.0108 e. The predicted octanol–water partition coefficient (Wildman–Crippen LogP) is 3.13. The molecule has 2 heteroatoms. The van der Waals surface area contributed by atoms with Gasteiger partial charge >= 0.3 is 0 Å². The van der Waals surface area contributed by atoms with Crippen LogP contribution in [0, 0.1) is 17.8 Å². The van der Waals surface area contributed by atoms with Crippen LogP contribution in [0.2, 0.25) is 0 Å². The van der Waals surface area contributed by atoms with Crippen molar-refractivity contribution in [2.75, 3.05) is 26.7 Å². The molecule has 2 fully saturated rings. The van der Waals surface area contributed by atoms with E-state index in [1.54, 1.807) is 0 Å². The van der Waals surface area contributed by atoms with Crippen LogP contribution in [-0.4, -0.2) is 37.6 Å². The zero-order valence-corrected chi connectivity index (χ0v) is 12.6. The van der Waals surface area contributed by atoms with Crippen LogP contribution in [0.5, 0.6) is 0 Å². The van der Waals surface area contributed by atoms with Gasteiger partial charge in [0.25, 0.3) is 0 Å². The first-order chi connectivity index (χ1) is 8.69. The van der Waals surface area contributed by atoms with Crippen LogP contribution in [0.15, 0.2) is 0 Å². The maximum atomic E-state index is 3.79. The van der Waals surface area contributed by atoms with Crippen molar-refractivity contribution in [2.24, 2.45) is 17.8 Å². The zero-order valence-electron chi connectivity index (χ0n) is 12.6. The average Bonchev–Trinajstić information content (AvgIpc) is 3.12. The summed E-state index contributed by atoms with van der Waals surface area (Å²) >= 11 is 0. The third-order valence-electron chi connectivity index (χ3n) is 4.71. The van der Waals surface area contributed by atoms with Crippen LogP contribution in [-0.2, 0) is 0 Å². The quantitative estimate of drug-likeness (QED) is 0.749. The fourth-order valence-electron chi connectivity index (χ4n) is 3.52. The third kappa shape index (κ3) is 4.55. The maximum absolute atomic E-state index is 3.79. The van der Waals surface area contributed by atoms with E-state index in [0.717, 1.165) is 23.8 Å². The molecule has 18 heavy (non-hydrogen) atoms. The van der Waals surface area contributed by atoms with E-state index < -0.39 is 0 Å². The fraction of sp³-hybridized carbons (Fsp3) is 1.00. The predicted molar refractivity (Wildman–Crippen MR) is 78.8 cm³/mol. The Kier molecular flexibility index (Phi) is 5.50. The minimum atomic E-state index is 0.780. The number of rotatable bonds is 7. The molecule has 0 aromatic heterocycles. The second-order valence-electron chi connectivity index (χ2n) is 6.90. The van der Waals surface area contributed by atoms with Gasteiger partial charge < -0.3 is 10.2 Å². The van der Waals surface area contributed by atoms with E-state index >= 15 is 0 Å². The summed E-state index contributed by atoms with van der Waals surface area (Å²) in [6, 6.07) is 0.780. The lowest BCUT2D eigenvalue weighted by Crippen LogP contribution is -2.45. The van der Waals surface area contributed by atoms with Gasteiger partial charge in [-0.25, -0.2) is 0 Å². The lowest BCUT2D eigenvalue weighted by Gasteiger charge is -2.37. The minimum absolute atomic E-state index is 0.780. The first-order valence-electron chi connectivity index (χ1n) is 8.11. The molecule has 106 valence electrons. The molecule has 0 aliphatic heterocycles. The monoisotopic (exact) mass is 252 g/mol.